The van der Waals surface area contributed by atoms with Gasteiger partial charge in [-0.05, 0) is 0 Å². The molecule has 5 nitrogen and oxygen atoms in total. The molecule has 0 atom stereocenters. The van der Waals surface area contributed by atoms with Gasteiger partial charge in [0.25, 0.3) is 0 Å². The molecule has 1 N–H and O–H groups in total. The van der Waals surface area contributed by atoms with Crippen LogP contribution in [0.5, 0.6) is 0 Å². The highest BCUT2D eigenvalue weighted by Gasteiger charge is 2.17. The number of nitrogens with zero attached hydrogens (tertiary/aromatic N) is 1. The lowest BCUT2D eigenvalue weighted by atomic mass is 10.2. The van der Waals surface area contributed by atoms with Crippen molar-refractivity contribution in [3.8, 4) is 0 Å². The van der Waals surface area contributed by atoms with Gasteiger partial charge in [-0.15, -0.1) is 0 Å². The van der Waals surface area contributed by atoms with E-state index in [1.807, 2.05) is 0 Å². The number of rotatable bonds is 3. The van der Waals surface area contributed by atoms with Crippen LogP contribution in [0, 0.1) is 5.92 Å². The normalized spacial score (nSPS) is 11.7. The number of anilines is 1. The second-order valence-electron chi connectivity index (χ2n) is 3.07. The molecule has 1 aromatic rings. The molecule has 0 spiro atoms. The number of nitrogens with one attached hydrogen (secondary N) is 1. The van der Waals surface area contributed by atoms with E-state index in [2.05, 4.69) is 10.3 Å². The third-order valence-corrected chi connectivity index (χ3v) is 3.62. The van der Waals surface area contributed by atoms with E-state index in [-0.39, 0.29) is 17.0 Å². The van der Waals surface area contributed by atoms with Crippen molar-refractivity contribution in [2.75, 3.05) is 5.32 Å². The SMILES string of the molecule is CC(C)C(=O)Nc1ncc(S(=O)(=O)F)s1. The van der Waals surface area contributed by atoms with Crippen molar-refractivity contribution in [1.82, 2.24) is 4.98 Å². The van der Waals surface area contributed by atoms with Gasteiger partial charge in [-0.2, -0.15) is 8.42 Å². The fraction of sp³-hybridized carbons (Fsp3) is 0.429. The topological polar surface area (TPSA) is 76.1 Å². The number of hydrogen-bond donors (Lipinski definition) is 1. The molecule has 1 amide bonds. The molecule has 1 rings (SSSR count). The molecule has 0 radical (unpaired) electrons. The van der Waals surface area contributed by atoms with Crippen LogP contribution in [0.25, 0.3) is 0 Å². The molecule has 8 heteroatoms. The summed E-state index contributed by atoms with van der Waals surface area (Å²) >= 11 is 0.580. The number of carbonyl (C=O) groups excluding carboxylic acids is 1. The summed E-state index contributed by atoms with van der Waals surface area (Å²) in [5, 5.41) is 2.45. The molecule has 0 saturated heterocycles. The van der Waals surface area contributed by atoms with E-state index >= 15 is 0 Å². The Kier molecular flexibility index (Phi) is 3.40. The lowest BCUT2D eigenvalue weighted by Gasteiger charge is -2.02. The Morgan fingerprint density at radius 1 is 1.60 bits per heavy atom. The predicted molar refractivity (Wildman–Crippen MR) is 53.9 cm³/mol. The lowest BCUT2D eigenvalue weighted by Crippen LogP contribution is -2.17. The second kappa shape index (κ2) is 4.23. The molecular weight excluding hydrogens is 243 g/mol. The van der Waals surface area contributed by atoms with Crippen LogP contribution in [0.1, 0.15) is 13.8 Å². The van der Waals surface area contributed by atoms with Crippen molar-refractivity contribution in [3.63, 3.8) is 0 Å². The van der Waals surface area contributed by atoms with E-state index in [4.69, 9.17) is 0 Å². The van der Waals surface area contributed by atoms with E-state index in [0.717, 1.165) is 6.20 Å². The number of amides is 1. The van der Waals surface area contributed by atoms with Crippen LogP contribution in [-0.2, 0) is 15.0 Å². The molecule has 0 unspecified atom stereocenters. The van der Waals surface area contributed by atoms with Crippen LogP contribution < -0.4 is 5.32 Å². The highest BCUT2D eigenvalue weighted by atomic mass is 32.3. The van der Waals surface area contributed by atoms with E-state index in [0.29, 0.717) is 11.3 Å². The lowest BCUT2D eigenvalue weighted by molar-refractivity contribution is -0.118. The molecule has 0 aromatic carbocycles. The minimum absolute atomic E-state index is 0.0740. The Bertz CT molecular complexity index is 466. The Morgan fingerprint density at radius 2 is 2.20 bits per heavy atom. The fourth-order valence-electron chi connectivity index (χ4n) is 0.680. The average molecular weight is 252 g/mol. The van der Waals surface area contributed by atoms with E-state index in [1.54, 1.807) is 13.8 Å². The third-order valence-electron chi connectivity index (χ3n) is 1.48. The van der Waals surface area contributed by atoms with Gasteiger partial charge in [0.15, 0.2) is 9.34 Å². The van der Waals surface area contributed by atoms with Gasteiger partial charge in [0.05, 0.1) is 6.20 Å². The van der Waals surface area contributed by atoms with E-state index in [1.165, 1.54) is 0 Å². The predicted octanol–water partition coefficient (Wildman–Crippen LogP) is 1.40. The van der Waals surface area contributed by atoms with Crippen LogP contribution in [0.2, 0.25) is 0 Å². The molecule has 1 heterocycles. The first-order chi connectivity index (χ1) is 6.80. The van der Waals surface area contributed by atoms with Crippen molar-refractivity contribution in [1.29, 1.82) is 0 Å². The van der Waals surface area contributed by atoms with Gasteiger partial charge >= 0.3 is 10.2 Å². The minimum atomic E-state index is -4.73. The first-order valence-electron chi connectivity index (χ1n) is 4.02. The second-order valence-corrected chi connectivity index (χ2v) is 5.67. The average Bonchev–Trinajstić information content (AvgIpc) is 2.51. The van der Waals surface area contributed by atoms with Gasteiger partial charge in [-0.25, -0.2) is 4.98 Å². The molecule has 0 saturated carbocycles. The number of aromatic nitrogens is 1. The van der Waals surface area contributed by atoms with Crippen LogP contribution >= 0.6 is 11.3 Å². The summed E-state index contributed by atoms with van der Waals surface area (Å²) in [5.74, 6) is -0.550. The summed E-state index contributed by atoms with van der Waals surface area (Å²) in [5.41, 5.74) is 0. The fourth-order valence-corrected chi connectivity index (χ4v) is 2.05. The van der Waals surface area contributed by atoms with Crippen LogP contribution in [0.4, 0.5) is 9.02 Å². The van der Waals surface area contributed by atoms with Crippen molar-refractivity contribution in [2.45, 2.75) is 18.1 Å². The molecule has 0 aliphatic heterocycles. The summed E-state index contributed by atoms with van der Waals surface area (Å²) in [6, 6.07) is 0. The van der Waals surface area contributed by atoms with Crippen molar-refractivity contribution >= 4 is 32.6 Å². The molecule has 15 heavy (non-hydrogen) atoms. The zero-order chi connectivity index (χ0) is 11.6. The summed E-state index contributed by atoms with van der Waals surface area (Å²) in [6.45, 7) is 3.35. The van der Waals surface area contributed by atoms with Crippen molar-refractivity contribution in [2.24, 2.45) is 5.92 Å². The van der Waals surface area contributed by atoms with Crippen LogP contribution in [0.3, 0.4) is 0 Å². The summed E-state index contributed by atoms with van der Waals surface area (Å²) in [6.07, 6.45) is 0.871. The molecule has 0 aliphatic rings. The van der Waals surface area contributed by atoms with Crippen molar-refractivity contribution < 1.29 is 17.1 Å². The van der Waals surface area contributed by atoms with E-state index < -0.39 is 14.4 Å². The zero-order valence-electron chi connectivity index (χ0n) is 8.02. The number of halogens is 1. The summed E-state index contributed by atoms with van der Waals surface area (Å²) < 4.78 is 32.9. The van der Waals surface area contributed by atoms with Gasteiger partial charge in [0.2, 0.25) is 5.91 Å². The number of thiazole rings is 1. The molecule has 0 aliphatic carbocycles. The Morgan fingerprint density at radius 3 is 2.60 bits per heavy atom. The molecule has 0 bridgehead atoms. The zero-order valence-corrected chi connectivity index (χ0v) is 9.65. The number of hydrogen-bond acceptors (Lipinski definition) is 5. The Balaban J connectivity index is 2.83. The largest absolute Gasteiger partial charge is 0.343 e. The Hall–Kier alpha value is -1.02. The quantitative estimate of drug-likeness (QED) is 0.825. The number of carbonyl (C=O) groups is 1. The highest BCUT2D eigenvalue weighted by Crippen LogP contribution is 2.24. The maximum absolute atomic E-state index is 12.5. The Labute approximate surface area is 90.5 Å². The van der Waals surface area contributed by atoms with Gasteiger partial charge in [-0.1, -0.05) is 29.1 Å². The summed E-state index contributed by atoms with van der Waals surface area (Å²) in [7, 11) is -4.73. The standard InChI is InChI=1S/C7H9FN2O3S2/c1-4(2)6(11)10-7-9-3-5(14-7)15(8,12)13/h3-4H,1-2H3,(H,9,10,11). The monoisotopic (exact) mass is 252 g/mol. The van der Waals surface area contributed by atoms with Gasteiger partial charge < -0.3 is 5.32 Å². The first-order valence-corrected chi connectivity index (χ1v) is 6.22. The molecule has 84 valence electrons. The molecule has 0 fully saturated rings. The third kappa shape index (κ3) is 3.24. The maximum Gasteiger partial charge on any atom is 0.343 e. The van der Waals surface area contributed by atoms with Gasteiger partial charge in [0, 0.05) is 5.92 Å². The van der Waals surface area contributed by atoms with E-state index in [9.17, 15) is 17.1 Å². The van der Waals surface area contributed by atoms with Crippen LogP contribution in [-0.4, -0.2) is 19.3 Å². The highest BCUT2D eigenvalue weighted by molar-refractivity contribution is 7.88. The van der Waals surface area contributed by atoms with Gasteiger partial charge in [-0.3, -0.25) is 4.79 Å². The van der Waals surface area contributed by atoms with Crippen molar-refractivity contribution in [3.05, 3.63) is 6.20 Å². The van der Waals surface area contributed by atoms with Gasteiger partial charge in [0.1, 0.15) is 0 Å². The summed E-state index contributed by atoms with van der Waals surface area (Å²) in [4.78, 5) is 14.8. The maximum atomic E-state index is 12.5. The minimum Gasteiger partial charge on any atom is -0.302 e. The molecular formula is C7H9FN2O3S2. The van der Waals surface area contributed by atoms with Crippen LogP contribution in [0.15, 0.2) is 10.4 Å². The first kappa shape index (κ1) is 12.1. The smallest absolute Gasteiger partial charge is 0.302 e. The molecule has 1 aromatic heterocycles.